The summed E-state index contributed by atoms with van der Waals surface area (Å²) in [5.41, 5.74) is 2.15. The van der Waals surface area contributed by atoms with Crippen LogP contribution < -0.4 is 0 Å². The fourth-order valence-electron chi connectivity index (χ4n) is 7.91. The lowest BCUT2D eigenvalue weighted by Gasteiger charge is -2.57. The highest BCUT2D eigenvalue weighted by molar-refractivity contribution is 5.66. The monoisotopic (exact) mass is 406 g/mol. The molecule has 0 unspecified atom stereocenters. The van der Waals surface area contributed by atoms with Crippen molar-refractivity contribution in [1.29, 1.82) is 0 Å². The quantitative estimate of drug-likeness (QED) is 0.536. The van der Waals surface area contributed by atoms with Gasteiger partial charge in [-0.1, -0.05) is 26.3 Å². The molecule has 2 saturated carbocycles. The Morgan fingerprint density at radius 3 is 2.55 bits per heavy atom. The van der Waals surface area contributed by atoms with E-state index in [4.69, 9.17) is 5.11 Å². The molecule has 0 amide bonds. The third-order valence-electron chi connectivity index (χ3n) is 9.67. The molecule has 5 heteroatoms. The summed E-state index contributed by atoms with van der Waals surface area (Å²) < 4.78 is 0. The standard InChI is InChI=1S/C24H38O5/c1-13(4-7-21(28)29)16-5-6-17-22-18(12-20(27)24(16,17)3)23(2)9-8-15(25)10-14(23)11-19(22)26/h13-17,19-20,25-27H,4-12H2,1-3H3,(H,28,29)/t13-,14+,15-,16-,17+,19-,20+,23+,24-/m1/s1. The first-order valence-electron chi connectivity index (χ1n) is 11.6. The minimum atomic E-state index is -0.758. The minimum Gasteiger partial charge on any atom is -0.481 e. The van der Waals surface area contributed by atoms with Gasteiger partial charge in [-0.3, -0.25) is 4.79 Å². The number of hydrogen-bond acceptors (Lipinski definition) is 4. The number of aliphatic hydroxyl groups excluding tert-OH is 3. The molecule has 4 aliphatic carbocycles. The van der Waals surface area contributed by atoms with Gasteiger partial charge in [-0.05, 0) is 86.0 Å². The van der Waals surface area contributed by atoms with Crippen LogP contribution in [0.3, 0.4) is 0 Å². The molecule has 0 aromatic rings. The van der Waals surface area contributed by atoms with Gasteiger partial charge in [-0.2, -0.15) is 0 Å². The largest absolute Gasteiger partial charge is 0.481 e. The summed E-state index contributed by atoms with van der Waals surface area (Å²) in [7, 11) is 0. The Morgan fingerprint density at radius 2 is 1.86 bits per heavy atom. The van der Waals surface area contributed by atoms with Gasteiger partial charge in [-0.25, -0.2) is 0 Å². The van der Waals surface area contributed by atoms with Gasteiger partial charge in [0.05, 0.1) is 18.3 Å². The van der Waals surface area contributed by atoms with E-state index in [0.29, 0.717) is 19.3 Å². The summed E-state index contributed by atoms with van der Waals surface area (Å²) >= 11 is 0. The molecule has 0 spiro atoms. The first-order valence-corrected chi connectivity index (χ1v) is 11.6. The molecule has 5 nitrogen and oxygen atoms in total. The Labute approximate surface area is 174 Å². The first-order chi connectivity index (χ1) is 13.6. The van der Waals surface area contributed by atoms with Crippen LogP contribution in [0, 0.1) is 34.5 Å². The second-order valence-electron chi connectivity index (χ2n) is 11.0. The highest BCUT2D eigenvalue weighted by Crippen LogP contribution is 2.66. The van der Waals surface area contributed by atoms with E-state index in [1.54, 1.807) is 0 Å². The van der Waals surface area contributed by atoms with Crippen molar-refractivity contribution in [1.82, 2.24) is 0 Å². The van der Waals surface area contributed by atoms with Crippen molar-refractivity contribution >= 4 is 5.97 Å². The average molecular weight is 407 g/mol. The number of aliphatic carboxylic acids is 1. The van der Waals surface area contributed by atoms with Gasteiger partial charge >= 0.3 is 5.97 Å². The van der Waals surface area contributed by atoms with Crippen LogP contribution in [0.5, 0.6) is 0 Å². The van der Waals surface area contributed by atoms with Crippen LogP contribution in [0.25, 0.3) is 0 Å². The summed E-state index contributed by atoms with van der Waals surface area (Å²) in [5, 5.41) is 41.9. The van der Waals surface area contributed by atoms with Gasteiger partial charge in [0, 0.05) is 11.8 Å². The number of hydrogen-bond donors (Lipinski definition) is 4. The maximum Gasteiger partial charge on any atom is 0.303 e. The molecule has 0 heterocycles. The van der Waals surface area contributed by atoms with Crippen molar-refractivity contribution in [3.63, 3.8) is 0 Å². The second-order valence-corrected chi connectivity index (χ2v) is 11.0. The van der Waals surface area contributed by atoms with Crippen molar-refractivity contribution in [2.75, 3.05) is 0 Å². The van der Waals surface area contributed by atoms with E-state index in [-0.39, 0.29) is 47.0 Å². The molecule has 0 aromatic carbocycles. The Balaban J connectivity index is 1.68. The molecule has 29 heavy (non-hydrogen) atoms. The van der Waals surface area contributed by atoms with E-state index in [9.17, 15) is 20.1 Å². The molecule has 0 bridgehead atoms. The van der Waals surface area contributed by atoms with Crippen LogP contribution in [0.4, 0.5) is 0 Å². The van der Waals surface area contributed by atoms with Gasteiger partial charge in [0.15, 0.2) is 0 Å². The van der Waals surface area contributed by atoms with Gasteiger partial charge in [0.2, 0.25) is 0 Å². The zero-order valence-electron chi connectivity index (χ0n) is 18.1. The lowest BCUT2D eigenvalue weighted by Crippen LogP contribution is -2.54. The third-order valence-corrected chi connectivity index (χ3v) is 9.67. The second kappa shape index (κ2) is 7.35. The first kappa shape index (κ1) is 21.3. The molecule has 164 valence electrons. The zero-order valence-corrected chi connectivity index (χ0v) is 18.1. The van der Waals surface area contributed by atoms with Crippen LogP contribution in [0.15, 0.2) is 11.1 Å². The number of rotatable bonds is 4. The molecule has 4 rings (SSSR count). The predicted octanol–water partition coefficient (Wildman–Crippen LogP) is 3.51. The fraction of sp³-hybridized carbons (Fsp3) is 0.875. The number of fused-ring (bicyclic) bond motifs is 4. The normalized spacial score (nSPS) is 47.9. The van der Waals surface area contributed by atoms with Crippen LogP contribution in [-0.4, -0.2) is 44.7 Å². The molecule has 2 fully saturated rings. The fourth-order valence-corrected chi connectivity index (χ4v) is 7.91. The highest BCUT2D eigenvalue weighted by atomic mass is 16.4. The summed E-state index contributed by atoms with van der Waals surface area (Å²) in [6, 6.07) is 0. The summed E-state index contributed by atoms with van der Waals surface area (Å²) in [5.74, 6) is 0.224. The van der Waals surface area contributed by atoms with Crippen molar-refractivity contribution in [3.8, 4) is 0 Å². The van der Waals surface area contributed by atoms with Gasteiger partial charge in [0.1, 0.15) is 0 Å². The summed E-state index contributed by atoms with van der Waals surface area (Å²) in [6.07, 6.45) is 5.37. The SMILES string of the molecule is C[C@H](CCC(=O)O)[C@H]1CC[C@H]2C3=C(C[C@H](O)[C@]12C)[C@@]1(C)CC[C@@H](O)C[C@H]1C[C@H]3O. The molecule has 0 aliphatic heterocycles. The Morgan fingerprint density at radius 1 is 1.14 bits per heavy atom. The Bertz CT molecular complexity index is 701. The lowest BCUT2D eigenvalue weighted by molar-refractivity contribution is -0.137. The number of aliphatic hydroxyl groups is 3. The van der Waals surface area contributed by atoms with Crippen molar-refractivity contribution in [3.05, 3.63) is 11.1 Å². The van der Waals surface area contributed by atoms with Crippen LogP contribution in [0.2, 0.25) is 0 Å². The molecule has 4 N–H and O–H groups in total. The van der Waals surface area contributed by atoms with Crippen molar-refractivity contribution in [2.45, 2.75) is 96.9 Å². The summed E-state index contributed by atoms with van der Waals surface area (Å²) in [6.45, 7) is 6.61. The van der Waals surface area contributed by atoms with Crippen molar-refractivity contribution < 1.29 is 25.2 Å². The smallest absolute Gasteiger partial charge is 0.303 e. The summed E-state index contributed by atoms with van der Waals surface area (Å²) in [4.78, 5) is 11.1. The molecule has 4 aliphatic rings. The van der Waals surface area contributed by atoms with E-state index >= 15 is 0 Å². The van der Waals surface area contributed by atoms with Gasteiger partial charge in [0.25, 0.3) is 0 Å². The van der Waals surface area contributed by atoms with Crippen LogP contribution >= 0.6 is 0 Å². The van der Waals surface area contributed by atoms with E-state index in [1.165, 1.54) is 11.1 Å². The van der Waals surface area contributed by atoms with Gasteiger partial charge < -0.3 is 20.4 Å². The lowest BCUT2D eigenvalue weighted by atomic mass is 9.49. The van der Waals surface area contributed by atoms with Crippen molar-refractivity contribution in [2.24, 2.45) is 34.5 Å². The van der Waals surface area contributed by atoms with E-state index in [2.05, 4.69) is 20.8 Å². The van der Waals surface area contributed by atoms with Gasteiger partial charge in [-0.15, -0.1) is 0 Å². The topological polar surface area (TPSA) is 98.0 Å². The molecular weight excluding hydrogens is 368 g/mol. The molecule has 0 aromatic heterocycles. The van der Waals surface area contributed by atoms with E-state index < -0.39 is 18.2 Å². The minimum absolute atomic E-state index is 0.0247. The van der Waals surface area contributed by atoms with E-state index in [1.807, 2.05) is 0 Å². The molecule has 0 radical (unpaired) electrons. The maximum absolute atomic E-state index is 11.4. The maximum atomic E-state index is 11.4. The zero-order chi connectivity index (χ0) is 21.1. The van der Waals surface area contributed by atoms with E-state index in [0.717, 1.165) is 32.1 Å². The predicted molar refractivity (Wildman–Crippen MR) is 110 cm³/mol. The average Bonchev–Trinajstić information content (AvgIpc) is 3.01. The highest BCUT2D eigenvalue weighted by Gasteiger charge is 2.61. The number of carboxylic acid groups (broad SMARTS) is 1. The van der Waals surface area contributed by atoms with Crippen LogP contribution in [-0.2, 0) is 4.79 Å². The molecule has 9 atom stereocenters. The third kappa shape index (κ3) is 3.19. The molecule has 0 saturated heterocycles. The molecular formula is C24H38O5. The van der Waals surface area contributed by atoms with Crippen LogP contribution in [0.1, 0.15) is 78.6 Å². The Hall–Kier alpha value is -0.910. The Kier molecular flexibility index (Phi) is 5.40. The number of carboxylic acids is 1. The number of carbonyl (C=O) groups is 1.